The summed E-state index contributed by atoms with van der Waals surface area (Å²) in [5.41, 5.74) is 0.294. The fourth-order valence-corrected chi connectivity index (χ4v) is 9.56. The monoisotopic (exact) mass is 820 g/mol. The minimum atomic E-state index is -4.19. The highest BCUT2D eigenvalue weighted by Gasteiger charge is 2.43. The lowest BCUT2D eigenvalue weighted by Crippen LogP contribution is -2.62. The molecular formula is C40H51ClF2N4O8S. The second-order valence-electron chi connectivity index (χ2n) is 15.2. The third-order valence-electron chi connectivity index (χ3n) is 10.1. The van der Waals surface area contributed by atoms with E-state index in [4.69, 9.17) is 25.8 Å². The Kier molecular flexibility index (Phi) is 14.5. The molecule has 12 nitrogen and oxygen atoms in total. The Morgan fingerprint density at radius 1 is 1.02 bits per heavy atom. The molecule has 0 radical (unpaired) electrons. The highest BCUT2D eigenvalue weighted by Crippen LogP contribution is 2.37. The molecule has 56 heavy (non-hydrogen) atoms. The van der Waals surface area contributed by atoms with Gasteiger partial charge in [0.05, 0.1) is 17.6 Å². The number of methoxy groups -OCH3 is 1. The molecule has 306 valence electrons. The number of hydrogen-bond donors (Lipinski definition) is 3. The molecule has 3 aromatic rings. The maximum atomic E-state index is 15.9. The first-order chi connectivity index (χ1) is 26.5. The van der Waals surface area contributed by atoms with E-state index >= 15 is 4.39 Å². The van der Waals surface area contributed by atoms with Gasteiger partial charge in [-0.25, -0.2) is 22.0 Å². The number of piperazine rings is 1. The number of rotatable bonds is 13. The quantitative estimate of drug-likeness (QED) is 0.170. The van der Waals surface area contributed by atoms with Gasteiger partial charge < -0.3 is 30.0 Å². The molecule has 0 spiro atoms. The standard InChI is InChI=1S/C40H51ClF2N4O8S/c1-25-23-46(39(50)55-40(2,3)4)24-30(47(25)56(51,52)31-16-13-29(42)14-17-31)15-18-32-33(43)7-6-8-34(32)44-37(48)36(45-38(49)53-5)35(27-19-21-54-22-20-27)26-9-11-28(41)12-10-26/h6-14,16-17,25,27,30,35-36,39,50H,15,18-24H2,1-5H3,(H,44,48)(H,45,49)/t25-,30+,35+,36+,39?/m1/s1. The second-order valence-corrected chi connectivity index (χ2v) is 17.5. The van der Waals surface area contributed by atoms with Gasteiger partial charge in [-0.15, -0.1) is 0 Å². The number of amides is 2. The van der Waals surface area contributed by atoms with Crippen molar-refractivity contribution in [2.75, 3.05) is 38.7 Å². The predicted molar refractivity (Wildman–Crippen MR) is 208 cm³/mol. The number of aliphatic hydroxyl groups is 1. The molecule has 2 aliphatic heterocycles. The van der Waals surface area contributed by atoms with Gasteiger partial charge in [0.2, 0.25) is 22.3 Å². The molecular weight excluding hydrogens is 770 g/mol. The van der Waals surface area contributed by atoms with Crippen molar-refractivity contribution in [1.82, 2.24) is 14.5 Å². The van der Waals surface area contributed by atoms with E-state index < -0.39 is 69.7 Å². The van der Waals surface area contributed by atoms with E-state index in [1.54, 1.807) is 62.9 Å². The van der Waals surface area contributed by atoms with Crippen molar-refractivity contribution in [3.05, 3.63) is 94.5 Å². The van der Waals surface area contributed by atoms with Crippen LogP contribution in [0.5, 0.6) is 0 Å². The predicted octanol–water partition coefficient (Wildman–Crippen LogP) is 6.28. The number of anilines is 1. The van der Waals surface area contributed by atoms with Crippen molar-refractivity contribution >= 4 is 39.3 Å². The van der Waals surface area contributed by atoms with Crippen LogP contribution in [0.3, 0.4) is 0 Å². The molecule has 5 atom stereocenters. The minimum Gasteiger partial charge on any atom is -0.453 e. The Bertz CT molecular complexity index is 1910. The molecule has 0 aliphatic carbocycles. The maximum absolute atomic E-state index is 15.9. The summed E-state index contributed by atoms with van der Waals surface area (Å²) in [6.07, 6.45) is -0.917. The fraction of sp³-hybridized carbons (Fsp3) is 0.500. The molecule has 2 amide bonds. The third-order valence-corrected chi connectivity index (χ3v) is 12.5. The van der Waals surface area contributed by atoms with E-state index in [1.165, 1.54) is 35.7 Å². The maximum Gasteiger partial charge on any atom is 0.407 e. The largest absolute Gasteiger partial charge is 0.453 e. The van der Waals surface area contributed by atoms with Crippen LogP contribution in [-0.4, -0.2) is 98.3 Å². The van der Waals surface area contributed by atoms with Gasteiger partial charge in [-0.1, -0.05) is 29.8 Å². The fourth-order valence-electron chi connectivity index (χ4n) is 7.61. The molecule has 2 fully saturated rings. The van der Waals surface area contributed by atoms with Crippen LogP contribution in [0.2, 0.25) is 5.02 Å². The number of ether oxygens (including phenoxy) is 3. The van der Waals surface area contributed by atoms with Crippen LogP contribution in [0, 0.1) is 17.6 Å². The summed E-state index contributed by atoms with van der Waals surface area (Å²) >= 11 is 6.21. The number of carbonyl (C=O) groups is 2. The van der Waals surface area contributed by atoms with Gasteiger partial charge in [0.15, 0.2) is 0 Å². The zero-order chi connectivity index (χ0) is 40.8. The minimum absolute atomic E-state index is 0.0250. The van der Waals surface area contributed by atoms with Crippen LogP contribution < -0.4 is 10.6 Å². The van der Waals surface area contributed by atoms with Crippen LogP contribution in [0.4, 0.5) is 19.3 Å². The number of sulfonamides is 1. The van der Waals surface area contributed by atoms with Gasteiger partial charge in [0.1, 0.15) is 17.7 Å². The zero-order valence-corrected chi connectivity index (χ0v) is 33.8. The molecule has 0 aromatic heterocycles. The molecule has 2 saturated heterocycles. The molecule has 2 aliphatic rings. The van der Waals surface area contributed by atoms with Crippen LogP contribution in [0.15, 0.2) is 71.6 Å². The Morgan fingerprint density at radius 3 is 2.30 bits per heavy atom. The van der Waals surface area contributed by atoms with Gasteiger partial charge >= 0.3 is 6.09 Å². The Balaban J connectivity index is 1.47. The third kappa shape index (κ3) is 10.8. The zero-order valence-electron chi connectivity index (χ0n) is 32.2. The van der Waals surface area contributed by atoms with Gasteiger partial charge in [-0.3, -0.25) is 9.69 Å². The van der Waals surface area contributed by atoms with E-state index in [-0.39, 0.29) is 48.0 Å². The van der Waals surface area contributed by atoms with E-state index in [2.05, 4.69) is 10.6 Å². The highest BCUT2D eigenvalue weighted by molar-refractivity contribution is 7.89. The van der Waals surface area contributed by atoms with Gasteiger partial charge in [0.25, 0.3) is 0 Å². The number of alkyl carbamates (subject to hydrolysis) is 1. The molecule has 3 N–H and O–H groups in total. The summed E-state index contributed by atoms with van der Waals surface area (Å²) in [4.78, 5) is 28.6. The number of nitrogens with one attached hydrogen (secondary N) is 2. The lowest BCUT2D eigenvalue weighted by atomic mass is 9.76. The van der Waals surface area contributed by atoms with E-state index in [9.17, 15) is 27.5 Å². The first-order valence-electron chi connectivity index (χ1n) is 18.6. The summed E-state index contributed by atoms with van der Waals surface area (Å²) in [6, 6.07) is 13.1. The van der Waals surface area contributed by atoms with Crippen LogP contribution in [0.25, 0.3) is 0 Å². The molecule has 2 heterocycles. The first kappa shape index (κ1) is 43.4. The number of nitrogens with zero attached hydrogens (tertiary/aromatic N) is 2. The van der Waals surface area contributed by atoms with Crippen molar-refractivity contribution < 1.29 is 46.1 Å². The SMILES string of the molecule is COC(=O)N[C@H](C(=O)Nc1cccc(F)c1CC[C@H]1CN(C(O)OC(C)(C)C)C[C@@H](C)N1S(=O)(=O)c1ccc(F)cc1)[C@@H](c1ccc(Cl)cc1)C1CCOCC1. The molecule has 0 saturated carbocycles. The van der Waals surface area contributed by atoms with E-state index in [0.717, 1.165) is 17.7 Å². The van der Waals surface area contributed by atoms with Crippen molar-refractivity contribution in [2.45, 2.75) is 94.3 Å². The number of benzene rings is 3. The lowest BCUT2D eigenvalue weighted by Gasteiger charge is -2.46. The smallest absolute Gasteiger partial charge is 0.407 e. The normalized spacial score (nSPS) is 20.5. The Hall–Kier alpha value is -3.70. The molecule has 1 unspecified atom stereocenters. The number of halogens is 3. The van der Waals surface area contributed by atoms with Crippen molar-refractivity contribution in [1.29, 1.82) is 0 Å². The average Bonchev–Trinajstić information content (AvgIpc) is 3.14. The van der Waals surface area contributed by atoms with Crippen molar-refractivity contribution in [3.8, 4) is 0 Å². The Morgan fingerprint density at radius 2 is 1.68 bits per heavy atom. The summed E-state index contributed by atoms with van der Waals surface area (Å²) in [7, 11) is -3.00. The van der Waals surface area contributed by atoms with Crippen LogP contribution in [0.1, 0.15) is 64.0 Å². The first-order valence-corrected chi connectivity index (χ1v) is 20.4. The lowest BCUT2D eigenvalue weighted by molar-refractivity contribution is -0.248. The van der Waals surface area contributed by atoms with Gasteiger partial charge in [-0.2, -0.15) is 4.31 Å². The highest BCUT2D eigenvalue weighted by atomic mass is 35.5. The molecule has 0 bridgehead atoms. The second kappa shape index (κ2) is 18.7. The van der Waals surface area contributed by atoms with E-state index in [0.29, 0.717) is 31.1 Å². The van der Waals surface area contributed by atoms with Crippen LogP contribution in [-0.2, 0) is 35.4 Å². The summed E-state index contributed by atoms with van der Waals surface area (Å²) in [5.74, 6) is -2.45. The summed E-state index contributed by atoms with van der Waals surface area (Å²) in [5, 5.41) is 17.1. The average molecular weight is 821 g/mol. The van der Waals surface area contributed by atoms with Gasteiger partial charge in [0, 0.05) is 60.6 Å². The molecule has 5 rings (SSSR count). The van der Waals surface area contributed by atoms with E-state index in [1.807, 2.05) is 0 Å². The van der Waals surface area contributed by atoms with Crippen molar-refractivity contribution in [3.63, 3.8) is 0 Å². The topological polar surface area (TPSA) is 147 Å². The molecule has 16 heteroatoms. The van der Waals surface area contributed by atoms with Crippen molar-refractivity contribution in [2.24, 2.45) is 5.92 Å². The number of aliphatic hydroxyl groups excluding tert-OH is 1. The summed E-state index contributed by atoms with van der Waals surface area (Å²) in [6.45, 7) is 8.14. The van der Waals surface area contributed by atoms with Gasteiger partial charge in [-0.05, 0) is 113 Å². The molecule has 3 aromatic carbocycles. The summed E-state index contributed by atoms with van der Waals surface area (Å²) < 4.78 is 75.6. The number of carbonyl (C=O) groups excluding carboxylic acids is 2. The number of hydrogen-bond acceptors (Lipinski definition) is 9. The van der Waals surface area contributed by atoms with Crippen LogP contribution >= 0.6 is 11.6 Å². The Labute approximate surface area is 332 Å².